The zero-order valence-corrected chi connectivity index (χ0v) is 9.73. The monoisotopic (exact) mass is 209 g/mol. The van der Waals surface area contributed by atoms with Crippen LogP contribution in [0.1, 0.15) is 44.9 Å². The van der Waals surface area contributed by atoms with Gasteiger partial charge in [0.05, 0.1) is 6.10 Å². The smallest absolute Gasteiger partial charge is 0.0572 e. The third-order valence-electron chi connectivity index (χ3n) is 4.95. The minimum absolute atomic E-state index is 0.00861. The Bertz CT molecular complexity index is 225. The molecule has 86 valence electrons. The van der Waals surface area contributed by atoms with Gasteiger partial charge in [0, 0.05) is 12.1 Å². The highest BCUT2D eigenvalue weighted by molar-refractivity contribution is 4.95. The van der Waals surface area contributed by atoms with Crippen molar-refractivity contribution in [2.75, 3.05) is 7.05 Å². The summed E-state index contributed by atoms with van der Waals surface area (Å²) < 4.78 is 0. The maximum Gasteiger partial charge on any atom is 0.0572 e. The van der Waals surface area contributed by atoms with Gasteiger partial charge in [0.15, 0.2) is 0 Å². The highest BCUT2D eigenvalue weighted by Gasteiger charge is 2.41. The number of aliphatic hydroxyl groups is 1. The van der Waals surface area contributed by atoms with E-state index in [0.717, 1.165) is 24.4 Å². The molecule has 0 amide bonds. The van der Waals surface area contributed by atoms with Crippen molar-refractivity contribution in [2.24, 2.45) is 11.8 Å². The van der Waals surface area contributed by atoms with E-state index in [4.69, 9.17) is 0 Å². The molecule has 3 fully saturated rings. The number of fused-ring (bicyclic) bond motifs is 2. The Kier molecular flexibility index (Phi) is 2.52. The maximum atomic E-state index is 10.2. The van der Waals surface area contributed by atoms with Crippen LogP contribution in [0, 0.1) is 11.8 Å². The lowest BCUT2D eigenvalue weighted by atomic mass is 9.84. The van der Waals surface area contributed by atoms with Gasteiger partial charge in [0.1, 0.15) is 0 Å². The molecule has 2 saturated heterocycles. The second-order valence-electron chi connectivity index (χ2n) is 6.03. The zero-order chi connectivity index (χ0) is 10.4. The van der Waals surface area contributed by atoms with E-state index in [-0.39, 0.29) is 6.10 Å². The lowest BCUT2D eigenvalue weighted by Crippen LogP contribution is -2.43. The second-order valence-corrected chi connectivity index (χ2v) is 6.03. The summed E-state index contributed by atoms with van der Waals surface area (Å²) >= 11 is 0. The summed E-state index contributed by atoms with van der Waals surface area (Å²) in [6.45, 7) is 0. The van der Waals surface area contributed by atoms with E-state index < -0.39 is 0 Å². The molecule has 0 aromatic rings. The Balaban J connectivity index is 1.58. The summed E-state index contributed by atoms with van der Waals surface area (Å²) in [6.07, 6.45) is 9.08. The van der Waals surface area contributed by atoms with Crippen LogP contribution in [0.25, 0.3) is 0 Å². The van der Waals surface area contributed by atoms with Gasteiger partial charge in [-0.05, 0) is 51.0 Å². The minimum Gasteiger partial charge on any atom is -0.393 e. The lowest BCUT2D eigenvalue weighted by molar-refractivity contribution is 0.0288. The molecule has 3 aliphatic rings. The van der Waals surface area contributed by atoms with Crippen LogP contribution in [0.4, 0.5) is 0 Å². The van der Waals surface area contributed by atoms with Crippen LogP contribution in [0.2, 0.25) is 0 Å². The Morgan fingerprint density at radius 3 is 2.27 bits per heavy atom. The third kappa shape index (κ3) is 1.94. The number of aliphatic hydroxyl groups excluding tert-OH is 1. The summed E-state index contributed by atoms with van der Waals surface area (Å²) in [7, 11) is 2.27. The van der Waals surface area contributed by atoms with Gasteiger partial charge in [-0.2, -0.15) is 0 Å². The number of hydrogen-bond donors (Lipinski definition) is 1. The minimum atomic E-state index is 0.00861. The maximum absolute atomic E-state index is 10.2. The fraction of sp³-hybridized carbons (Fsp3) is 1.00. The van der Waals surface area contributed by atoms with E-state index in [2.05, 4.69) is 11.9 Å². The molecule has 2 bridgehead atoms. The summed E-state index contributed by atoms with van der Waals surface area (Å²) in [5, 5.41) is 10.2. The number of hydrogen-bond acceptors (Lipinski definition) is 2. The van der Waals surface area contributed by atoms with Crippen LogP contribution in [0.15, 0.2) is 0 Å². The van der Waals surface area contributed by atoms with E-state index in [1.807, 2.05) is 0 Å². The first kappa shape index (κ1) is 10.1. The van der Waals surface area contributed by atoms with Crippen LogP contribution < -0.4 is 0 Å². The zero-order valence-electron chi connectivity index (χ0n) is 9.73. The van der Waals surface area contributed by atoms with Crippen molar-refractivity contribution < 1.29 is 5.11 Å². The Morgan fingerprint density at radius 2 is 1.73 bits per heavy atom. The summed E-state index contributed by atoms with van der Waals surface area (Å²) in [6, 6.07) is 1.56. The van der Waals surface area contributed by atoms with Crippen molar-refractivity contribution in [1.82, 2.24) is 4.90 Å². The fourth-order valence-electron chi connectivity index (χ4n) is 3.66. The van der Waals surface area contributed by atoms with Crippen molar-refractivity contribution in [3.63, 3.8) is 0 Å². The van der Waals surface area contributed by atoms with Crippen molar-refractivity contribution in [1.29, 1.82) is 0 Å². The van der Waals surface area contributed by atoms with E-state index in [1.54, 1.807) is 0 Å². The molecule has 2 heteroatoms. The van der Waals surface area contributed by atoms with Gasteiger partial charge >= 0.3 is 0 Å². The molecule has 3 rings (SSSR count). The molecular weight excluding hydrogens is 186 g/mol. The third-order valence-corrected chi connectivity index (χ3v) is 4.95. The van der Waals surface area contributed by atoms with Crippen LogP contribution in [0.5, 0.6) is 0 Å². The highest BCUT2D eigenvalue weighted by Crippen LogP contribution is 2.42. The predicted molar refractivity (Wildman–Crippen MR) is 60.6 cm³/mol. The number of nitrogens with zero attached hydrogens (tertiary/aromatic N) is 1. The van der Waals surface area contributed by atoms with Crippen LogP contribution in [0.3, 0.4) is 0 Å². The van der Waals surface area contributed by atoms with Gasteiger partial charge in [-0.1, -0.05) is 12.8 Å². The molecule has 2 nitrogen and oxygen atoms in total. The molecule has 2 aliphatic heterocycles. The highest BCUT2D eigenvalue weighted by atomic mass is 16.3. The van der Waals surface area contributed by atoms with Crippen molar-refractivity contribution in [3.8, 4) is 0 Å². The lowest BCUT2D eigenvalue weighted by Gasteiger charge is -2.38. The Labute approximate surface area is 92.7 Å². The van der Waals surface area contributed by atoms with Gasteiger partial charge in [-0.3, -0.25) is 0 Å². The van der Waals surface area contributed by atoms with Gasteiger partial charge in [-0.25, -0.2) is 0 Å². The summed E-state index contributed by atoms with van der Waals surface area (Å²) in [5.41, 5.74) is 0. The van der Waals surface area contributed by atoms with E-state index in [9.17, 15) is 5.11 Å². The topological polar surface area (TPSA) is 23.5 Å². The average molecular weight is 209 g/mol. The largest absolute Gasteiger partial charge is 0.393 e. The second kappa shape index (κ2) is 3.74. The molecule has 1 aliphatic carbocycles. The number of rotatable bonds is 3. The number of piperidine rings is 1. The SMILES string of the molecule is CN1C2CCC1CC(C(O)CC1CC1)C2. The van der Waals surface area contributed by atoms with Crippen molar-refractivity contribution in [2.45, 2.75) is 63.1 Å². The van der Waals surface area contributed by atoms with E-state index in [1.165, 1.54) is 38.5 Å². The Hall–Kier alpha value is -0.0800. The predicted octanol–water partition coefficient (Wildman–Crippen LogP) is 2.02. The molecule has 3 unspecified atom stereocenters. The first-order valence-corrected chi connectivity index (χ1v) is 6.64. The van der Waals surface area contributed by atoms with Gasteiger partial charge in [0.2, 0.25) is 0 Å². The Morgan fingerprint density at radius 1 is 1.13 bits per heavy atom. The molecule has 0 spiro atoms. The molecule has 15 heavy (non-hydrogen) atoms. The first-order chi connectivity index (χ1) is 7.24. The van der Waals surface area contributed by atoms with Gasteiger partial charge in [-0.15, -0.1) is 0 Å². The molecule has 0 aromatic carbocycles. The van der Waals surface area contributed by atoms with Crippen LogP contribution in [-0.2, 0) is 0 Å². The summed E-state index contributed by atoms with van der Waals surface area (Å²) in [5.74, 6) is 1.48. The molecule has 1 saturated carbocycles. The molecular formula is C13H23NO. The molecule has 2 heterocycles. The van der Waals surface area contributed by atoms with Crippen molar-refractivity contribution >= 4 is 0 Å². The van der Waals surface area contributed by atoms with Crippen molar-refractivity contribution in [3.05, 3.63) is 0 Å². The first-order valence-electron chi connectivity index (χ1n) is 6.64. The fourth-order valence-corrected chi connectivity index (χ4v) is 3.66. The van der Waals surface area contributed by atoms with E-state index in [0.29, 0.717) is 5.92 Å². The molecule has 0 aromatic heterocycles. The standard InChI is InChI=1S/C13H23NO/c1-14-11-4-5-12(14)8-10(7-11)13(15)6-9-2-3-9/h9-13,15H,2-8H2,1H3. The van der Waals surface area contributed by atoms with Crippen LogP contribution >= 0.6 is 0 Å². The quantitative estimate of drug-likeness (QED) is 0.768. The normalized spacial score (nSPS) is 43.2. The van der Waals surface area contributed by atoms with E-state index >= 15 is 0 Å². The molecule has 3 atom stereocenters. The van der Waals surface area contributed by atoms with Gasteiger partial charge in [0.25, 0.3) is 0 Å². The molecule has 1 N–H and O–H groups in total. The summed E-state index contributed by atoms with van der Waals surface area (Å²) in [4.78, 5) is 2.56. The average Bonchev–Trinajstić information content (AvgIpc) is 2.98. The van der Waals surface area contributed by atoms with Crippen LogP contribution in [-0.4, -0.2) is 35.2 Å². The molecule has 0 radical (unpaired) electrons. The van der Waals surface area contributed by atoms with Gasteiger partial charge < -0.3 is 10.0 Å².